The predicted molar refractivity (Wildman–Crippen MR) is 57.6 cm³/mol. The summed E-state index contributed by atoms with van der Waals surface area (Å²) < 4.78 is 14.7. The van der Waals surface area contributed by atoms with Crippen molar-refractivity contribution in [2.24, 2.45) is 0 Å². The van der Waals surface area contributed by atoms with Crippen molar-refractivity contribution in [1.82, 2.24) is 0 Å². The molecule has 0 aliphatic heterocycles. The van der Waals surface area contributed by atoms with Crippen LogP contribution < -0.4 is 0 Å². The zero-order valence-corrected chi connectivity index (χ0v) is 9.27. The van der Waals surface area contributed by atoms with Gasteiger partial charge in [0.1, 0.15) is 6.61 Å². The topological polar surface area (TPSA) is 44.8 Å². The van der Waals surface area contributed by atoms with Crippen LogP contribution in [0.5, 0.6) is 0 Å². The van der Waals surface area contributed by atoms with E-state index in [1.54, 1.807) is 19.3 Å². The maximum Gasteiger partial charge on any atom is 0.330 e. The number of carbonyl (C=O) groups excluding carboxylic acids is 1. The number of carbonyl (C=O) groups is 1. The minimum Gasteiger partial charge on any atom is -0.460 e. The van der Waals surface area contributed by atoms with Crippen molar-refractivity contribution >= 4 is 5.97 Å². The Labute approximate surface area is 90.5 Å². The molecule has 0 saturated heterocycles. The lowest BCUT2D eigenvalue weighted by atomic mass is 10.4. The van der Waals surface area contributed by atoms with E-state index in [9.17, 15) is 4.79 Å². The molecular weight excluding hydrogens is 196 g/mol. The van der Waals surface area contributed by atoms with Gasteiger partial charge in [0, 0.05) is 13.2 Å². The normalized spacial score (nSPS) is 11.3. The fraction of sp³-hybridized carbons (Fsp3) is 0.545. The van der Waals surface area contributed by atoms with Gasteiger partial charge in [-0.05, 0) is 6.92 Å². The summed E-state index contributed by atoms with van der Waals surface area (Å²) in [5.41, 5.74) is 0. The van der Waals surface area contributed by atoms with E-state index in [1.165, 1.54) is 6.08 Å². The number of hydrogen-bond donors (Lipinski definition) is 0. The summed E-state index contributed by atoms with van der Waals surface area (Å²) >= 11 is 0. The molecule has 0 aliphatic rings. The molecule has 86 valence electrons. The van der Waals surface area contributed by atoms with Gasteiger partial charge < -0.3 is 14.2 Å². The van der Waals surface area contributed by atoms with Gasteiger partial charge in [0.25, 0.3) is 0 Å². The third-order valence-corrected chi connectivity index (χ3v) is 1.44. The van der Waals surface area contributed by atoms with Crippen LogP contribution in [0.4, 0.5) is 0 Å². The SMILES string of the molecule is C/C=C/C=C/C(=O)OCCOCCOC. The molecule has 0 amide bonds. The molecule has 0 aromatic rings. The van der Waals surface area contributed by atoms with E-state index in [1.807, 2.05) is 13.0 Å². The van der Waals surface area contributed by atoms with Crippen LogP contribution in [-0.4, -0.2) is 39.5 Å². The quantitative estimate of drug-likeness (QED) is 0.264. The van der Waals surface area contributed by atoms with Crippen LogP contribution in [0.3, 0.4) is 0 Å². The highest BCUT2D eigenvalue weighted by molar-refractivity contribution is 5.82. The number of hydrogen-bond acceptors (Lipinski definition) is 4. The first-order chi connectivity index (χ1) is 7.31. The molecule has 0 radical (unpaired) electrons. The summed E-state index contributed by atoms with van der Waals surface area (Å²) in [4.78, 5) is 11.0. The average Bonchev–Trinajstić information content (AvgIpc) is 2.23. The van der Waals surface area contributed by atoms with Crippen LogP contribution in [0, 0.1) is 0 Å². The van der Waals surface area contributed by atoms with Gasteiger partial charge in [0.15, 0.2) is 0 Å². The molecule has 0 atom stereocenters. The molecule has 4 heteroatoms. The predicted octanol–water partition coefficient (Wildman–Crippen LogP) is 1.32. The number of ether oxygens (including phenoxy) is 3. The second kappa shape index (κ2) is 10.9. The summed E-state index contributed by atoms with van der Waals surface area (Å²) in [6, 6.07) is 0. The van der Waals surface area contributed by atoms with Crippen molar-refractivity contribution in [2.75, 3.05) is 33.5 Å². The fourth-order valence-corrected chi connectivity index (χ4v) is 0.739. The molecule has 0 aromatic carbocycles. The minimum atomic E-state index is -0.358. The lowest BCUT2D eigenvalue weighted by Gasteiger charge is -2.03. The molecular formula is C11H18O4. The molecule has 0 bridgehead atoms. The molecule has 0 aliphatic carbocycles. The maximum atomic E-state index is 11.0. The van der Waals surface area contributed by atoms with Crippen molar-refractivity contribution in [3.63, 3.8) is 0 Å². The van der Waals surface area contributed by atoms with Crippen molar-refractivity contribution in [3.05, 3.63) is 24.3 Å². The Hall–Kier alpha value is -1.13. The second-order valence-electron chi connectivity index (χ2n) is 2.66. The Morgan fingerprint density at radius 3 is 2.53 bits per heavy atom. The van der Waals surface area contributed by atoms with Gasteiger partial charge in [-0.25, -0.2) is 4.79 Å². The van der Waals surface area contributed by atoms with E-state index in [4.69, 9.17) is 14.2 Å². The molecule has 0 spiro atoms. The molecule has 0 unspecified atom stereocenters. The number of esters is 1. The van der Waals surface area contributed by atoms with Crippen molar-refractivity contribution in [2.45, 2.75) is 6.92 Å². The van der Waals surface area contributed by atoms with E-state index < -0.39 is 0 Å². The molecule has 0 rings (SSSR count). The molecule has 0 heterocycles. The second-order valence-corrected chi connectivity index (χ2v) is 2.66. The van der Waals surface area contributed by atoms with E-state index >= 15 is 0 Å². The van der Waals surface area contributed by atoms with Gasteiger partial charge in [0.05, 0.1) is 19.8 Å². The molecule has 4 nitrogen and oxygen atoms in total. The molecule has 0 N–H and O–H groups in total. The Bertz CT molecular complexity index is 209. The first-order valence-corrected chi connectivity index (χ1v) is 4.84. The van der Waals surface area contributed by atoms with Crippen LogP contribution in [0.25, 0.3) is 0 Å². The summed E-state index contributed by atoms with van der Waals surface area (Å²) in [6.07, 6.45) is 6.59. The Balaban J connectivity index is 3.31. The van der Waals surface area contributed by atoms with Crippen molar-refractivity contribution in [3.8, 4) is 0 Å². The smallest absolute Gasteiger partial charge is 0.330 e. The monoisotopic (exact) mass is 214 g/mol. The molecule has 0 aromatic heterocycles. The van der Waals surface area contributed by atoms with Crippen molar-refractivity contribution < 1.29 is 19.0 Å². The van der Waals surface area contributed by atoms with Crippen LogP contribution in [0.15, 0.2) is 24.3 Å². The molecule has 0 saturated carbocycles. The lowest BCUT2D eigenvalue weighted by Crippen LogP contribution is -2.10. The Kier molecular flexibility index (Phi) is 10.1. The van der Waals surface area contributed by atoms with Gasteiger partial charge in [-0.2, -0.15) is 0 Å². The lowest BCUT2D eigenvalue weighted by molar-refractivity contribution is -0.139. The Morgan fingerprint density at radius 2 is 1.87 bits per heavy atom. The van der Waals surface area contributed by atoms with Crippen LogP contribution in [-0.2, 0) is 19.0 Å². The van der Waals surface area contributed by atoms with Gasteiger partial charge >= 0.3 is 5.97 Å². The standard InChI is InChI=1S/C11H18O4/c1-3-4-5-6-11(12)15-10-9-14-8-7-13-2/h3-6H,7-10H2,1-2H3/b4-3+,6-5+. The average molecular weight is 214 g/mol. The zero-order chi connectivity index (χ0) is 11.4. The van der Waals surface area contributed by atoms with E-state index in [0.717, 1.165) is 0 Å². The van der Waals surface area contributed by atoms with Gasteiger partial charge in [-0.1, -0.05) is 18.2 Å². The largest absolute Gasteiger partial charge is 0.460 e. The highest BCUT2D eigenvalue weighted by Gasteiger charge is 1.95. The molecule has 0 fully saturated rings. The maximum absolute atomic E-state index is 11.0. The zero-order valence-electron chi connectivity index (χ0n) is 9.27. The molecule has 15 heavy (non-hydrogen) atoms. The number of methoxy groups -OCH3 is 1. The highest BCUT2D eigenvalue weighted by Crippen LogP contribution is 1.84. The Morgan fingerprint density at radius 1 is 1.13 bits per heavy atom. The summed E-state index contributed by atoms with van der Waals surface area (Å²) in [6.45, 7) is 3.60. The third-order valence-electron chi connectivity index (χ3n) is 1.44. The summed E-state index contributed by atoms with van der Waals surface area (Å²) in [5, 5.41) is 0. The van der Waals surface area contributed by atoms with Gasteiger partial charge in [-0.15, -0.1) is 0 Å². The first-order valence-electron chi connectivity index (χ1n) is 4.84. The highest BCUT2D eigenvalue weighted by atomic mass is 16.6. The fourth-order valence-electron chi connectivity index (χ4n) is 0.739. The van der Waals surface area contributed by atoms with Gasteiger partial charge in [-0.3, -0.25) is 0 Å². The summed E-state index contributed by atoms with van der Waals surface area (Å²) in [5.74, 6) is -0.358. The first kappa shape index (κ1) is 13.9. The van der Waals surface area contributed by atoms with Gasteiger partial charge in [0.2, 0.25) is 0 Å². The van der Waals surface area contributed by atoms with E-state index in [2.05, 4.69) is 0 Å². The number of allylic oxidation sites excluding steroid dienone is 3. The number of rotatable bonds is 8. The summed E-state index contributed by atoms with van der Waals surface area (Å²) in [7, 11) is 1.61. The van der Waals surface area contributed by atoms with Crippen LogP contribution in [0.2, 0.25) is 0 Å². The van der Waals surface area contributed by atoms with Crippen molar-refractivity contribution in [1.29, 1.82) is 0 Å². The van der Waals surface area contributed by atoms with E-state index in [0.29, 0.717) is 19.8 Å². The third kappa shape index (κ3) is 10.8. The van der Waals surface area contributed by atoms with Crippen LogP contribution in [0.1, 0.15) is 6.92 Å². The van der Waals surface area contributed by atoms with Crippen LogP contribution >= 0.6 is 0 Å². The minimum absolute atomic E-state index is 0.267. The van der Waals surface area contributed by atoms with E-state index in [-0.39, 0.29) is 12.6 Å².